The van der Waals surface area contributed by atoms with Crippen LogP contribution in [0.2, 0.25) is 0 Å². The van der Waals surface area contributed by atoms with Crippen molar-refractivity contribution < 1.29 is 23.1 Å². The normalized spacial score (nSPS) is 12.9. The zero-order chi connectivity index (χ0) is 16.0. The Kier molecular flexibility index (Phi) is 6.02. The van der Waals surface area contributed by atoms with E-state index in [1.54, 1.807) is 6.92 Å². The maximum atomic E-state index is 12.6. The smallest absolute Gasteiger partial charge is 0.396 e. The molecule has 21 heavy (non-hydrogen) atoms. The number of benzene rings is 1. The van der Waals surface area contributed by atoms with E-state index in [1.807, 2.05) is 6.92 Å². The summed E-state index contributed by atoms with van der Waals surface area (Å²) in [5.74, 6) is 0. The average Bonchev–Trinajstić information content (AvgIpc) is 2.39. The summed E-state index contributed by atoms with van der Waals surface area (Å²) < 4.78 is 37.9. The van der Waals surface area contributed by atoms with Gasteiger partial charge in [-0.25, -0.2) is 4.79 Å². The summed E-state index contributed by atoms with van der Waals surface area (Å²) in [7, 11) is 0. The van der Waals surface area contributed by atoms with Gasteiger partial charge in [0.2, 0.25) is 0 Å². The van der Waals surface area contributed by atoms with Crippen LogP contribution < -0.4 is 10.6 Å². The number of amides is 2. The number of carbonyl (C=O) groups excluding carboxylic acids is 1. The van der Waals surface area contributed by atoms with Gasteiger partial charge >= 0.3 is 12.2 Å². The van der Waals surface area contributed by atoms with Crippen LogP contribution in [0.5, 0.6) is 0 Å². The fourth-order valence-corrected chi connectivity index (χ4v) is 1.81. The lowest BCUT2D eigenvalue weighted by Gasteiger charge is -2.17. The van der Waals surface area contributed by atoms with Gasteiger partial charge in [-0.3, -0.25) is 0 Å². The Balaban J connectivity index is 2.80. The first-order chi connectivity index (χ1) is 9.77. The first-order valence-electron chi connectivity index (χ1n) is 6.64. The maximum absolute atomic E-state index is 12.6. The molecule has 0 aliphatic heterocycles. The number of alkyl halides is 3. The van der Waals surface area contributed by atoms with Gasteiger partial charge in [0.05, 0.1) is 5.56 Å². The molecule has 0 fully saturated rings. The van der Waals surface area contributed by atoms with Gasteiger partial charge in [-0.15, -0.1) is 0 Å². The van der Waals surface area contributed by atoms with Gasteiger partial charge in [-0.1, -0.05) is 13.0 Å². The second-order valence-electron chi connectivity index (χ2n) is 4.74. The lowest BCUT2D eigenvalue weighted by atomic mass is 10.1. The minimum Gasteiger partial charge on any atom is -0.396 e. The topological polar surface area (TPSA) is 61.4 Å². The molecule has 4 nitrogen and oxygen atoms in total. The van der Waals surface area contributed by atoms with Gasteiger partial charge in [-0.2, -0.15) is 13.2 Å². The second-order valence-corrected chi connectivity index (χ2v) is 4.74. The third-order valence-corrected chi connectivity index (χ3v) is 3.12. The van der Waals surface area contributed by atoms with E-state index < -0.39 is 17.8 Å². The maximum Gasteiger partial charge on any atom is 0.416 e. The molecule has 3 N–H and O–H groups in total. The quantitative estimate of drug-likeness (QED) is 0.781. The van der Waals surface area contributed by atoms with E-state index in [2.05, 4.69) is 10.6 Å². The molecule has 118 valence electrons. The van der Waals surface area contributed by atoms with Crippen molar-refractivity contribution >= 4 is 11.7 Å². The SMILES string of the molecule is CCC(CCO)NC(=O)Nc1cc(C(F)(F)F)ccc1C. The van der Waals surface area contributed by atoms with E-state index in [-0.39, 0.29) is 18.3 Å². The van der Waals surface area contributed by atoms with E-state index in [0.717, 1.165) is 12.1 Å². The highest BCUT2D eigenvalue weighted by Gasteiger charge is 2.30. The van der Waals surface area contributed by atoms with Crippen molar-refractivity contribution in [1.82, 2.24) is 5.32 Å². The zero-order valence-corrected chi connectivity index (χ0v) is 11.9. The first kappa shape index (κ1) is 17.3. The molecule has 7 heteroatoms. The van der Waals surface area contributed by atoms with Gasteiger partial charge in [0, 0.05) is 18.3 Å². The Bertz CT molecular complexity index is 490. The van der Waals surface area contributed by atoms with Crippen LogP contribution in [0.25, 0.3) is 0 Å². The van der Waals surface area contributed by atoms with Gasteiger partial charge in [-0.05, 0) is 37.5 Å². The largest absolute Gasteiger partial charge is 0.416 e. The summed E-state index contributed by atoms with van der Waals surface area (Å²) in [6, 6.07) is 2.38. The highest BCUT2D eigenvalue weighted by atomic mass is 19.4. The summed E-state index contributed by atoms with van der Waals surface area (Å²) in [5.41, 5.74) is -0.166. The molecular weight excluding hydrogens is 285 g/mol. The predicted molar refractivity (Wildman–Crippen MR) is 74.1 cm³/mol. The lowest BCUT2D eigenvalue weighted by molar-refractivity contribution is -0.137. The number of nitrogens with one attached hydrogen (secondary N) is 2. The number of anilines is 1. The van der Waals surface area contributed by atoms with Gasteiger partial charge in [0.1, 0.15) is 0 Å². The number of hydrogen-bond donors (Lipinski definition) is 3. The molecule has 1 aromatic rings. The van der Waals surface area contributed by atoms with Gasteiger partial charge < -0.3 is 15.7 Å². The van der Waals surface area contributed by atoms with Crippen molar-refractivity contribution in [3.05, 3.63) is 29.3 Å². The second kappa shape index (κ2) is 7.31. The number of halogens is 3. The number of aryl methyl sites for hydroxylation is 1. The van der Waals surface area contributed by atoms with Crippen molar-refractivity contribution in [2.24, 2.45) is 0 Å². The molecule has 0 aliphatic carbocycles. The van der Waals surface area contributed by atoms with Crippen LogP contribution in [0.3, 0.4) is 0 Å². The van der Waals surface area contributed by atoms with Crippen molar-refractivity contribution in [2.75, 3.05) is 11.9 Å². The number of urea groups is 1. The van der Waals surface area contributed by atoms with E-state index in [4.69, 9.17) is 5.11 Å². The fraction of sp³-hybridized carbons (Fsp3) is 0.500. The molecular formula is C14H19F3N2O2. The Hall–Kier alpha value is -1.76. The van der Waals surface area contributed by atoms with Crippen LogP contribution in [0.4, 0.5) is 23.7 Å². The third-order valence-electron chi connectivity index (χ3n) is 3.12. The summed E-state index contributed by atoms with van der Waals surface area (Å²) in [6.07, 6.45) is -3.44. The van der Waals surface area contributed by atoms with Crippen molar-refractivity contribution in [3.8, 4) is 0 Å². The highest BCUT2D eigenvalue weighted by Crippen LogP contribution is 2.31. The minimum atomic E-state index is -4.45. The third kappa shape index (κ3) is 5.26. The van der Waals surface area contributed by atoms with E-state index in [9.17, 15) is 18.0 Å². The summed E-state index contributed by atoms with van der Waals surface area (Å²) in [5, 5.41) is 13.9. The van der Waals surface area contributed by atoms with Crippen molar-refractivity contribution in [1.29, 1.82) is 0 Å². The highest BCUT2D eigenvalue weighted by molar-refractivity contribution is 5.90. The molecule has 0 heterocycles. The molecule has 1 rings (SSSR count). The lowest BCUT2D eigenvalue weighted by Crippen LogP contribution is -2.38. The fourth-order valence-electron chi connectivity index (χ4n) is 1.81. The molecule has 1 atom stereocenters. The molecule has 1 aromatic carbocycles. The molecule has 0 saturated carbocycles. The molecule has 0 aromatic heterocycles. The van der Waals surface area contributed by atoms with Crippen LogP contribution in [-0.4, -0.2) is 23.8 Å². The van der Waals surface area contributed by atoms with Crippen LogP contribution in [-0.2, 0) is 6.18 Å². The predicted octanol–water partition coefficient (Wildman–Crippen LogP) is 3.30. The number of aliphatic hydroxyl groups excluding tert-OH is 1. The number of carbonyl (C=O) groups is 1. The molecule has 0 aliphatic rings. The minimum absolute atomic E-state index is 0.0681. The Morgan fingerprint density at radius 1 is 1.38 bits per heavy atom. The molecule has 0 bridgehead atoms. The van der Waals surface area contributed by atoms with E-state index >= 15 is 0 Å². The Morgan fingerprint density at radius 2 is 2.05 bits per heavy atom. The number of rotatable bonds is 5. The van der Waals surface area contributed by atoms with Gasteiger partial charge in [0.25, 0.3) is 0 Å². The van der Waals surface area contributed by atoms with E-state index in [0.29, 0.717) is 18.4 Å². The molecule has 1 unspecified atom stereocenters. The molecule has 2 amide bonds. The standard InChI is InChI=1S/C14H19F3N2O2/c1-3-11(6-7-20)18-13(21)19-12-8-10(14(15,16)17)5-4-9(12)2/h4-5,8,11,20H,3,6-7H2,1-2H3,(H2,18,19,21). The van der Waals surface area contributed by atoms with E-state index in [1.165, 1.54) is 6.07 Å². The van der Waals surface area contributed by atoms with Gasteiger partial charge in [0.15, 0.2) is 0 Å². The Morgan fingerprint density at radius 3 is 2.57 bits per heavy atom. The monoisotopic (exact) mass is 304 g/mol. The van der Waals surface area contributed by atoms with Crippen LogP contribution >= 0.6 is 0 Å². The number of aliphatic hydroxyl groups is 1. The summed E-state index contributed by atoms with van der Waals surface area (Å²) >= 11 is 0. The summed E-state index contributed by atoms with van der Waals surface area (Å²) in [4.78, 5) is 11.8. The number of hydrogen-bond acceptors (Lipinski definition) is 2. The average molecular weight is 304 g/mol. The van der Waals surface area contributed by atoms with Crippen LogP contribution in [0.15, 0.2) is 18.2 Å². The van der Waals surface area contributed by atoms with Crippen molar-refractivity contribution in [3.63, 3.8) is 0 Å². The summed E-state index contributed by atoms with van der Waals surface area (Å²) in [6.45, 7) is 3.39. The Labute approximate surface area is 121 Å². The molecule has 0 radical (unpaired) electrons. The van der Waals surface area contributed by atoms with Crippen LogP contribution in [0.1, 0.15) is 30.9 Å². The van der Waals surface area contributed by atoms with Crippen molar-refractivity contribution in [2.45, 2.75) is 38.9 Å². The molecule has 0 saturated heterocycles. The van der Waals surface area contributed by atoms with Crippen LogP contribution in [0, 0.1) is 6.92 Å². The molecule has 0 spiro atoms. The first-order valence-corrected chi connectivity index (χ1v) is 6.64. The zero-order valence-electron chi connectivity index (χ0n) is 11.9.